The van der Waals surface area contributed by atoms with Crippen molar-refractivity contribution in [1.29, 1.82) is 0 Å². The summed E-state index contributed by atoms with van der Waals surface area (Å²) < 4.78 is 29.7. The summed E-state index contributed by atoms with van der Waals surface area (Å²) in [6.45, 7) is 5.33. The van der Waals surface area contributed by atoms with E-state index in [1.807, 2.05) is 0 Å². The van der Waals surface area contributed by atoms with Gasteiger partial charge in [0.05, 0.1) is 19.8 Å². The van der Waals surface area contributed by atoms with Gasteiger partial charge in [-0.2, -0.15) is 0 Å². The molecule has 0 N–H and O–H groups in total. The number of hydrogen-bond acceptors (Lipinski definition) is 4. The molecule has 1 aromatic carbocycles. The monoisotopic (exact) mass is 281 g/mol. The largest absolute Gasteiger partial charge is 0.467 e. The molecule has 3 rings (SSSR count). The number of benzene rings is 1. The summed E-state index contributed by atoms with van der Waals surface area (Å²) in [6, 6.07) is 3.09. The van der Waals surface area contributed by atoms with Gasteiger partial charge in [0, 0.05) is 18.7 Å². The van der Waals surface area contributed by atoms with Gasteiger partial charge in [-0.1, -0.05) is 0 Å². The van der Waals surface area contributed by atoms with E-state index in [1.165, 1.54) is 6.07 Å². The predicted molar refractivity (Wildman–Crippen MR) is 72.3 cm³/mol. The first-order valence-corrected chi connectivity index (χ1v) is 7.15. The number of nitrogens with zero attached hydrogens (tertiary/aromatic N) is 1. The standard InChI is InChI=1S/C15H20FNO3/c16-14-8-12(15-13(9-14)10-19-11-20-15)2-1-3-17-4-6-18-7-5-17/h8-9H,1-7,10-11H2. The summed E-state index contributed by atoms with van der Waals surface area (Å²) >= 11 is 0. The van der Waals surface area contributed by atoms with Crippen molar-refractivity contribution < 1.29 is 18.6 Å². The molecule has 0 spiro atoms. The molecule has 0 bridgehead atoms. The lowest BCUT2D eigenvalue weighted by molar-refractivity contribution is -0.0173. The van der Waals surface area contributed by atoms with Crippen LogP contribution in [0.25, 0.3) is 0 Å². The lowest BCUT2D eigenvalue weighted by Gasteiger charge is -2.26. The van der Waals surface area contributed by atoms with Crippen LogP contribution in [0.3, 0.4) is 0 Å². The van der Waals surface area contributed by atoms with Crippen molar-refractivity contribution in [2.24, 2.45) is 0 Å². The topological polar surface area (TPSA) is 30.9 Å². The Bertz CT molecular complexity index is 461. The average molecular weight is 281 g/mol. The fraction of sp³-hybridized carbons (Fsp3) is 0.600. The van der Waals surface area contributed by atoms with Crippen LogP contribution < -0.4 is 4.74 Å². The minimum atomic E-state index is -0.209. The molecule has 4 nitrogen and oxygen atoms in total. The first-order chi connectivity index (χ1) is 9.83. The van der Waals surface area contributed by atoms with Crippen molar-refractivity contribution in [3.8, 4) is 5.75 Å². The molecular formula is C15H20FNO3. The number of ether oxygens (including phenoxy) is 3. The molecule has 0 unspecified atom stereocenters. The highest BCUT2D eigenvalue weighted by atomic mass is 19.1. The van der Waals surface area contributed by atoms with Crippen LogP contribution in [0, 0.1) is 5.82 Å². The highest BCUT2D eigenvalue weighted by molar-refractivity contribution is 5.42. The van der Waals surface area contributed by atoms with E-state index in [-0.39, 0.29) is 12.6 Å². The lowest BCUT2D eigenvalue weighted by atomic mass is 10.0. The first-order valence-electron chi connectivity index (χ1n) is 7.15. The third kappa shape index (κ3) is 3.29. The second-order valence-corrected chi connectivity index (χ2v) is 5.22. The smallest absolute Gasteiger partial charge is 0.189 e. The maximum atomic E-state index is 13.6. The van der Waals surface area contributed by atoms with E-state index < -0.39 is 0 Å². The van der Waals surface area contributed by atoms with Crippen molar-refractivity contribution in [2.75, 3.05) is 39.6 Å². The van der Waals surface area contributed by atoms with Crippen molar-refractivity contribution >= 4 is 0 Å². The molecule has 0 radical (unpaired) electrons. The van der Waals surface area contributed by atoms with Crippen molar-refractivity contribution in [2.45, 2.75) is 19.4 Å². The molecule has 2 aliphatic rings. The Balaban J connectivity index is 1.60. The van der Waals surface area contributed by atoms with Crippen LogP contribution in [0.5, 0.6) is 5.75 Å². The maximum Gasteiger partial charge on any atom is 0.189 e. The number of hydrogen-bond donors (Lipinski definition) is 0. The van der Waals surface area contributed by atoms with Crippen LogP contribution in [-0.2, 0) is 22.5 Å². The van der Waals surface area contributed by atoms with Crippen LogP contribution in [0.2, 0.25) is 0 Å². The molecule has 110 valence electrons. The second-order valence-electron chi connectivity index (χ2n) is 5.22. The fourth-order valence-electron chi connectivity index (χ4n) is 2.76. The van der Waals surface area contributed by atoms with Gasteiger partial charge in [-0.3, -0.25) is 4.90 Å². The Labute approximate surface area is 118 Å². The molecule has 20 heavy (non-hydrogen) atoms. The van der Waals surface area contributed by atoms with E-state index >= 15 is 0 Å². The molecule has 2 aliphatic heterocycles. The average Bonchev–Trinajstić information content (AvgIpc) is 2.48. The SMILES string of the molecule is Fc1cc(CCCN2CCOCC2)c2c(c1)COCO2. The third-order valence-electron chi connectivity index (χ3n) is 3.78. The molecule has 2 heterocycles. The third-order valence-corrected chi connectivity index (χ3v) is 3.78. The van der Waals surface area contributed by atoms with Gasteiger partial charge >= 0.3 is 0 Å². The van der Waals surface area contributed by atoms with Gasteiger partial charge in [-0.05, 0) is 37.1 Å². The minimum absolute atomic E-state index is 0.209. The van der Waals surface area contributed by atoms with Crippen LogP contribution in [0.1, 0.15) is 17.5 Å². The van der Waals surface area contributed by atoms with E-state index in [0.29, 0.717) is 6.61 Å². The van der Waals surface area contributed by atoms with E-state index in [4.69, 9.17) is 14.2 Å². The second kappa shape index (κ2) is 6.52. The first kappa shape index (κ1) is 13.8. The van der Waals surface area contributed by atoms with Gasteiger partial charge in [0.15, 0.2) is 6.79 Å². The van der Waals surface area contributed by atoms with Gasteiger partial charge in [0.2, 0.25) is 0 Å². The highest BCUT2D eigenvalue weighted by Crippen LogP contribution is 2.30. The molecule has 0 aliphatic carbocycles. The summed E-state index contributed by atoms with van der Waals surface area (Å²) in [7, 11) is 0. The zero-order valence-corrected chi connectivity index (χ0v) is 11.6. The summed E-state index contributed by atoms with van der Waals surface area (Å²) in [6.07, 6.45) is 1.83. The Kier molecular flexibility index (Phi) is 4.50. The molecular weight excluding hydrogens is 261 g/mol. The molecule has 0 amide bonds. The minimum Gasteiger partial charge on any atom is -0.467 e. The number of morpholine rings is 1. The van der Waals surface area contributed by atoms with Gasteiger partial charge in [0.1, 0.15) is 11.6 Å². The zero-order valence-electron chi connectivity index (χ0n) is 11.6. The lowest BCUT2D eigenvalue weighted by Crippen LogP contribution is -2.36. The number of halogens is 1. The van der Waals surface area contributed by atoms with Crippen LogP contribution in [0.4, 0.5) is 4.39 Å². The summed E-state index contributed by atoms with van der Waals surface area (Å²) in [5.74, 6) is 0.610. The van der Waals surface area contributed by atoms with Crippen LogP contribution in [-0.4, -0.2) is 44.5 Å². The number of aryl methyl sites for hydroxylation is 1. The Morgan fingerprint density at radius 3 is 2.85 bits per heavy atom. The Morgan fingerprint density at radius 1 is 1.15 bits per heavy atom. The molecule has 1 fully saturated rings. The maximum absolute atomic E-state index is 13.6. The quantitative estimate of drug-likeness (QED) is 0.844. The van der Waals surface area contributed by atoms with E-state index in [1.54, 1.807) is 6.07 Å². The van der Waals surface area contributed by atoms with Crippen LogP contribution in [0.15, 0.2) is 12.1 Å². The fourth-order valence-corrected chi connectivity index (χ4v) is 2.76. The van der Waals surface area contributed by atoms with Crippen molar-refractivity contribution in [1.82, 2.24) is 4.90 Å². The molecule has 5 heteroatoms. The van der Waals surface area contributed by atoms with Gasteiger partial charge in [-0.15, -0.1) is 0 Å². The van der Waals surface area contributed by atoms with Crippen LogP contribution >= 0.6 is 0 Å². The zero-order chi connectivity index (χ0) is 13.8. The molecule has 0 aromatic heterocycles. The molecule has 1 saturated heterocycles. The van der Waals surface area contributed by atoms with Crippen molar-refractivity contribution in [3.63, 3.8) is 0 Å². The van der Waals surface area contributed by atoms with E-state index in [2.05, 4.69) is 4.90 Å². The van der Waals surface area contributed by atoms with E-state index in [0.717, 1.165) is 62.6 Å². The van der Waals surface area contributed by atoms with Gasteiger partial charge in [-0.25, -0.2) is 4.39 Å². The predicted octanol–water partition coefficient (Wildman–Crippen LogP) is 1.96. The summed E-state index contributed by atoms with van der Waals surface area (Å²) in [4.78, 5) is 2.39. The molecule has 1 aromatic rings. The Morgan fingerprint density at radius 2 is 2.00 bits per heavy atom. The van der Waals surface area contributed by atoms with Gasteiger partial charge in [0.25, 0.3) is 0 Å². The Hall–Kier alpha value is -1.17. The van der Waals surface area contributed by atoms with Gasteiger partial charge < -0.3 is 14.2 Å². The summed E-state index contributed by atoms with van der Waals surface area (Å²) in [5.41, 5.74) is 1.77. The highest BCUT2D eigenvalue weighted by Gasteiger charge is 2.17. The van der Waals surface area contributed by atoms with E-state index in [9.17, 15) is 4.39 Å². The molecule has 0 atom stereocenters. The number of rotatable bonds is 4. The number of fused-ring (bicyclic) bond motifs is 1. The normalized spacial score (nSPS) is 19.4. The molecule has 0 saturated carbocycles. The summed E-state index contributed by atoms with van der Waals surface area (Å²) in [5, 5.41) is 0. The van der Waals surface area contributed by atoms with Crippen molar-refractivity contribution in [3.05, 3.63) is 29.1 Å².